The van der Waals surface area contributed by atoms with E-state index in [1.165, 1.54) is 12.1 Å². The maximum atomic E-state index is 12.1. The monoisotopic (exact) mass is 266 g/mol. The van der Waals surface area contributed by atoms with E-state index in [1.54, 1.807) is 12.1 Å². The number of benzene rings is 1. The SMILES string of the molecule is CCCN(C)CCS(=O)(=O)c1cccc(C#N)c1. The third kappa shape index (κ3) is 4.13. The van der Waals surface area contributed by atoms with Crippen LogP contribution < -0.4 is 0 Å². The molecule has 0 amide bonds. The van der Waals surface area contributed by atoms with Crippen LogP contribution in [0.1, 0.15) is 18.9 Å². The molecule has 0 saturated carbocycles. The highest BCUT2D eigenvalue weighted by atomic mass is 32.2. The minimum Gasteiger partial charge on any atom is -0.305 e. The van der Waals surface area contributed by atoms with E-state index in [2.05, 4.69) is 6.92 Å². The minimum atomic E-state index is -3.30. The second-order valence-corrected chi connectivity index (χ2v) is 6.37. The average molecular weight is 266 g/mol. The minimum absolute atomic E-state index is 0.0817. The summed E-state index contributed by atoms with van der Waals surface area (Å²) in [5, 5.41) is 8.76. The number of nitriles is 1. The molecule has 4 nitrogen and oxygen atoms in total. The van der Waals surface area contributed by atoms with Crippen molar-refractivity contribution in [2.45, 2.75) is 18.2 Å². The molecule has 0 radical (unpaired) electrons. The molecule has 98 valence electrons. The van der Waals surface area contributed by atoms with Crippen molar-refractivity contribution >= 4 is 9.84 Å². The quantitative estimate of drug-likeness (QED) is 0.786. The van der Waals surface area contributed by atoms with Gasteiger partial charge >= 0.3 is 0 Å². The van der Waals surface area contributed by atoms with Gasteiger partial charge in [0.05, 0.1) is 22.3 Å². The smallest absolute Gasteiger partial charge is 0.179 e. The lowest BCUT2D eigenvalue weighted by atomic mass is 10.2. The van der Waals surface area contributed by atoms with Gasteiger partial charge in [0.1, 0.15) is 0 Å². The zero-order valence-corrected chi connectivity index (χ0v) is 11.6. The number of hydrogen-bond donors (Lipinski definition) is 0. The van der Waals surface area contributed by atoms with Gasteiger partial charge in [-0.05, 0) is 38.2 Å². The first-order valence-corrected chi connectivity index (χ1v) is 7.56. The van der Waals surface area contributed by atoms with Crippen LogP contribution in [-0.4, -0.2) is 39.2 Å². The lowest BCUT2D eigenvalue weighted by Gasteiger charge is -2.15. The van der Waals surface area contributed by atoms with Gasteiger partial charge in [-0.2, -0.15) is 5.26 Å². The summed E-state index contributed by atoms with van der Waals surface area (Å²) in [5.41, 5.74) is 0.373. The largest absolute Gasteiger partial charge is 0.305 e. The number of nitrogens with zero attached hydrogens (tertiary/aromatic N) is 2. The van der Waals surface area contributed by atoms with E-state index in [-0.39, 0.29) is 10.6 Å². The number of sulfone groups is 1. The molecule has 1 rings (SSSR count). The van der Waals surface area contributed by atoms with Gasteiger partial charge in [-0.1, -0.05) is 13.0 Å². The molecule has 0 saturated heterocycles. The van der Waals surface area contributed by atoms with Crippen molar-refractivity contribution in [3.8, 4) is 6.07 Å². The van der Waals surface area contributed by atoms with Crippen LogP contribution in [0, 0.1) is 11.3 Å². The molecule has 0 N–H and O–H groups in total. The zero-order chi connectivity index (χ0) is 13.6. The molecule has 0 aliphatic rings. The Labute approximate surface area is 109 Å². The van der Waals surface area contributed by atoms with Gasteiger partial charge in [0.25, 0.3) is 0 Å². The Morgan fingerprint density at radius 2 is 2.06 bits per heavy atom. The summed E-state index contributed by atoms with van der Waals surface area (Å²) in [6.07, 6.45) is 1.00. The van der Waals surface area contributed by atoms with Gasteiger partial charge in [0.2, 0.25) is 0 Å². The molecule has 1 aromatic rings. The van der Waals surface area contributed by atoms with Crippen molar-refractivity contribution in [3.05, 3.63) is 29.8 Å². The highest BCUT2D eigenvalue weighted by molar-refractivity contribution is 7.91. The Morgan fingerprint density at radius 1 is 1.33 bits per heavy atom. The molecule has 0 unspecified atom stereocenters. The highest BCUT2D eigenvalue weighted by Crippen LogP contribution is 2.13. The van der Waals surface area contributed by atoms with Crippen LogP contribution in [0.25, 0.3) is 0 Å². The Bertz CT molecular complexity index is 532. The van der Waals surface area contributed by atoms with Gasteiger partial charge in [-0.25, -0.2) is 8.42 Å². The molecule has 0 aliphatic carbocycles. The standard InChI is InChI=1S/C13H18N2O2S/c1-3-7-15(2)8-9-18(16,17)13-6-4-5-12(10-13)11-14/h4-6,10H,3,7-9H2,1-2H3. The first-order chi connectivity index (χ1) is 8.49. The van der Waals surface area contributed by atoms with Gasteiger partial charge in [-0.3, -0.25) is 0 Å². The van der Waals surface area contributed by atoms with E-state index in [0.717, 1.165) is 13.0 Å². The van der Waals surface area contributed by atoms with E-state index >= 15 is 0 Å². The van der Waals surface area contributed by atoms with Crippen molar-refractivity contribution in [2.24, 2.45) is 0 Å². The van der Waals surface area contributed by atoms with E-state index in [4.69, 9.17) is 5.26 Å². The van der Waals surface area contributed by atoms with Gasteiger partial charge in [-0.15, -0.1) is 0 Å². The summed E-state index contributed by atoms with van der Waals surface area (Å²) in [4.78, 5) is 2.22. The molecule has 0 fully saturated rings. The lowest BCUT2D eigenvalue weighted by molar-refractivity contribution is 0.354. The van der Waals surface area contributed by atoms with E-state index in [0.29, 0.717) is 12.1 Å². The van der Waals surface area contributed by atoms with Crippen LogP contribution in [0.15, 0.2) is 29.2 Å². The molecule has 18 heavy (non-hydrogen) atoms. The van der Waals surface area contributed by atoms with E-state index in [1.807, 2.05) is 18.0 Å². The van der Waals surface area contributed by atoms with Crippen LogP contribution in [0.5, 0.6) is 0 Å². The van der Waals surface area contributed by atoms with Crippen molar-refractivity contribution in [2.75, 3.05) is 25.9 Å². The molecule has 0 aliphatic heterocycles. The molecule has 0 heterocycles. The number of rotatable bonds is 6. The normalized spacial score (nSPS) is 11.4. The first-order valence-electron chi connectivity index (χ1n) is 5.91. The molecule has 0 spiro atoms. The second kappa shape index (κ2) is 6.53. The van der Waals surface area contributed by atoms with Gasteiger partial charge in [0.15, 0.2) is 9.84 Å². The molecule has 0 atom stereocenters. The summed E-state index contributed by atoms with van der Waals surface area (Å²) in [6, 6.07) is 8.11. The second-order valence-electron chi connectivity index (χ2n) is 4.26. The molecule has 5 heteroatoms. The van der Waals surface area contributed by atoms with Gasteiger partial charge in [0, 0.05) is 6.54 Å². The summed E-state index contributed by atoms with van der Waals surface area (Å²) in [5.74, 6) is 0.0817. The van der Waals surface area contributed by atoms with Crippen LogP contribution in [0.3, 0.4) is 0 Å². The molecule has 1 aromatic carbocycles. The summed E-state index contributed by atoms with van der Waals surface area (Å²) in [7, 11) is -1.39. The van der Waals surface area contributed by atoms with Crippen LogP contribution in [-0.2, 0) is 9.84 Å². The zero-order valence-electron chi connectivity index (χ0n) is 10.8. The Kier molecular flexibility index (Phi) is 5.32. The third-order valence-electron chi connectivity index (χ3n) is 2.67. The van der Waals surface area contributed by atoms with Crippen LogP contribution in [0.2, 0.25) is 0 Å². The summed E-state index contributed by atoms with van der Waals surface area (Å²) in [6.45, 7) is 3.45. The van der Waals surface area contributed by atoms with E-state index < -0.39 is 9.84 Å². The average Bonchev–Trinajstić information content (AvgIpc) is 2.37. The molecule has 0 bridgehead atoms. The summed E-state index contributed by atoms with van der Waals surface area (Å²) >= 11 is 0. The summed E-state index contributed by atoms with van der Waals surface area (Å²) < 4.78 is 24.1. The van der Waals surface area contributed by atoms with Crippen LogP contribution >= 0.6 is 0 Å². The predicted octanol–water partition coefficient (Wildman–Crippen LogP) is 1.67. The van der Waals surface area contributed by atoms with Crippen molar-refractivity contribution in [1.82, 2.24) is 4.90 Å². The fourth-order valence-corrected chi connectivity index (χ4v) is 3.03. The van der Waals surface area contributed by atoms with E-state index in [9.17, 15) is 8.42 Å². The number of hydrogen-bond acceptors (Lipinski definition) is 4. The maximum Gasteiger partial charge on any atom is 0.179 e. The van der Waals surface area contributed by atoms with Crippen molar-refractivity contribution < 1.29 is 8.42 Å². The van der Waals surface area contributed by atoms with Crippen molar-refractivity contribution in [3.63, 3.8) is 0 Å². The fraction of sp³-hybridized carbons (Fsp3) is 0.462. The van der Waals surface area contributed by atoms with Crippen molar-refractivity contribution in [1.29, 1.82) is 5.26 Å². The topological polar surface area (TPSA) is 61.2 Å². The molecule has 0 aromatic heterocycles. The van der Waals surface area contributed by atoms with Crippen LogP contribution in [0.4, 0.5) is 0 Å². The predicted molar refractivity (Wildman–Crippen MR) is 71.0 cm³/mol. The Hall–Kier alpha value is -1.38. The third-order valence-corrected chi connectivity index (χ3v) is 4.36. The first kappa shape index (κ1) is 14.7. The Balaban J connectivity index is 2.77. The highest BCUT2D eigenvalue weighted by Gasteiger charge is 2.15. The fourth-order valence-electron chi connectivity index (χ4n) is 1.65. The Morgan fingerprint density at radius 3 is 2.67 bits per heavy atom. The molecular weight excluding hydrogens is 248 g/mol. The molecular formula is C13H18N2O2S. The van der Waals surface area contributed by atoms with Gasteiger partial charge < -0.3 is 4.90 Å². The maximum absolute atomic E-state index is 12.1. The lowest BCUT2D eigenvalue weighted by Crippen LogP contribution is -2.26.